The highest BCUT2D eigenvalue weighted by Gasteiger charge is 2.29. The number of aliphatic hydroxyl groups excluding tert-OH is 1. The van der Waals surface area contributed by atoms with Gasteiger partial charge in [0.15, 0.2) is 0 Å². The largest absolute Gasteiger partial charge is 0.463 e. The Morgan fingerprint density at radius 3 is 2.24 bits per heavy atom. The molecule has 0 rings (SSSR count). The van der Waals surface area contributed by atoms with E-state index in [4.69, 9.17) is 13.8 Å². The maximum Gasteiger partial charge on any atom is 0.331 e. The fourth-order valence-electron chi connectivity index (χ4n) is 1.24. The van der Waals surface area contributed by atoms with Crippen LogP contribution in [-0.4, -0.2) is 56.7 Å². The van der Waals surface area contributed by atoms with E-state index in [0.29, 0.717) is 0 Å². The Hall–Kier alpha value is -1.21. The van der Waals surface area contributed by atoms with E-state index in [2.05, 4.69) is 11.3 Å². The summed E-state index contributed by atoms with van der Waals surface area (Å²) in [6.45, 7) is 4.02. The molecule has 9 heteroatoms. The van der Waals surface area contributed by atoms with Crippen LogP contribution < -0.4 is 0 Å². The monoisotopic (exact) mass is 324 g/mol. The summed E-state index contributed by atoms with van der Waals surface area (Å²) in [5.74, 6) is -2.09. The molecule has 0 saturated heterocycles. The number of carbonyl (C=O) groups is 2. The molecule has 0 bridgehead atoms. The van der Waals surface area contributed by atoms with E-state index < -0.39 is 31.6 Å². The molecule has 0 heterocycles. The van der Waals surface area contributed by atoms with Crippen LogP contribution in [-0.2, 0) is 32.7 Å². The van der Waals surface area contributed by atoms with Crippen LogP contribution in [0.2, 0.25) is 0 Å². The van der Waals surface area contributed by atoms with Gasteiger partial charge in [-0.2, -0.15) is 0 Å². The van der Waals surface area contributed by atoms with Gasteiger partial charge in [-0.25, -0.2) is 4.79 Å². The van der Waals surface area contributed by atoms with E-state index >= 15 is 0 Å². The van der Waals surface area contributed by atoms with Gasteiger partial charge in [0.2, 0.25) is 0 Å². The predicted molar refractivity (Wildman–Crippen MR) is 73.8 cm³/mol. The second-order valence-corrected chi connectivity index (χ2v) is 6.49. The van der Waals surface area contributed by atoms with Crippen molar-refractivity contribution in [3.63, 3.8) is 0 Å². The highest BCUT2D eigenvalue weighted by Crippen LogP contribution is 2.47. The standard InChI is InChI=1S/C12H21O8P/c1-5-11(14)19-6-10(13)7-20-12(15)9(2)8-21(16,17-3)18-4/h5,9-10,13H,1,6-8H2,2-4H3. The number of hydrogen-bond donors (Lipinski definition) is 1. The van der Waals surface area contributed by atoms with Gasteiger partial charge in [0, 0.05) is 20.3 Å². The molecule has 0 aliphatic carbocycles. The third-order valence-corrected chi connectivity index (χ3v) is 4.57. The van der Waals surface area contributed by atoms with Crippen molar-refractivity contribution in [1.82, 2.24) is 0 Å². The molecule has 8 nitrogen and oxygen atoms in total. The number of aliphatic hydroxyl groups is 1. The normalized spacial score (nSPS) is 14.1. The lowest BCUT2D eigenvalue weighted by Crippen LogP contribution is -2.27. The van der Waals surface area contributed by atoms with Crippen LogP contribution in [0.5, 0.6) is 0 Å². The average Bonchev–Trinajstić information content (AvgIpc) is 2.49. The zero-order chi connectivity index (χ0) is 16.5. The van der Waals surface area contributed by atoms with Gasteiger partial charge in [-0.1, -0.05) is 13.5 Å². The summed E-state index contributed by atoms with van der Waals surface area (Å²) in [6, 6.07) is 0. The maximum atomic E-state index is 11.8. The van der Waals surface area contributed by atoms with Crippen molar-refractivity contribution in [2.75, 3.05) is 33.6 Å². The molecule has 2 unspecified atom stereocenters. The SMILES string of the molecule is C=CC(=O)OCC(O)COC(=O)C(C)CP(=O)(OC)OC. The van der Waals surface area contributed by atoms with Gasteiger partial charge in [0.1, 0.15) is 19.3 Å². The highest BCUT2D eigenvalue weighted by atomic mass is 31.2. The van der Waals surface area contributed by atoms with Gasteiger partial charge in [0.05, 0.1) is 12.1 Å². The Morgan fingerprint density at radius 2 is 1.76 bits per heavy atom. The molecule has 0 aliphatic heterocycles. The Bertz CT molecular complexity index is 400. The van der Waals surface area contributed by atoms with Crippen LogP contribution >= 0.6 is 7.60 Å². The summed E-state index contributed by atoms with van der Waals surface area (Å²) in [6.07, 6.45) is -0.337. The Labute approximate surface area is 123 Å². The molecule has 122 valence electrons. The van der Waals surface area contributed by atoms with E-state index in [9.17, 15) is 19.3 Å². The molecule has 0 fully saturated rings. The summed E-state index contributed by atoms with van der Waals surface area (Å²) < 4.78 is 30.7. The van der Waals surface area contributed by atoms with Gasteiger partial charge in [-0.15, -0.1) is 0 Å². The summed E-state index contributed by atoms with van der Waals surface area (Å²) in [5, 5.41) is 9.46. The Morgan fingerprint density at radius 1 is 1.24 bits per heavy atom. The van der Waals surface area contributed by atoms with E-state index in [0.717, 1.165) is 6.08 Å². The lowest BCUT2D eigenvalue weighted by Gasteiger charge is -2.18. The van der Waals surface area contributed by atoms with Gasteiger partial charge in [-0.05, 0) is 0 Å². The van der Waals surface area contributed by atoms with Crippen LogP contribution in [0.4, 0.5) is 0 Å². The summed E-state index contributed by atoms with van der Waals surface area (Å²) in [4.78, 5) is 22.4. The first-order valence-corrected chi connectivity index (χ1v) is 7.85. The molecule has 0 amide bonds. The van der Waals surface area contributed by atoms with Crippen LogP contribution in [0.25, 0.3) is 0 Å². The topological polar surface area (TPSA) is 108 Å². The average molecular weight is 324 g/mol. The van der Waals surface area contributed by atoms with Gasteiger partial charge < -0.3 is 23.6 Å². The van der Waals surface area contributed by atoms with E-state index in [1.165, 1.54) is 21.1 Å². The minimum atomic E-state index is -3.31. The first-order chi connectivity index (χ1) is 9.77. The maximum absolute atomic E-state index is 11.8. The van der Waals surface area contributed by atoms with Crippen molar-refractivity contribution in [2.24, 2.45) is 5.92 Å². The van der Waals surface area contributed by atoms with E-state index in [-0.39, 0.29) is 19.4 Å². The van der Waals surface area contributed by atoms with Crippen molar-refractivity contribution in [2.45, 2.75) is 13.0 Å². The molecule has 0 spiro atoms. The quantitative estimate of drug-likeness (QED) is 0.356. The first-order valence-electron chi connectivity index (χ1n) is 6.12. The van der Waals surface area contributed by atoms with E-state index in [1.807, 2.05) is 0 Å². The van der Waals surface area contributed by atoms with Gasteiger partial charge in [0.25, 0.3) is 0 Å². The smallest absolute Gasteiger partial charge is 0.331 e. The zero-order valence-electron chi connectivity index (χ0n) is 12.3. The first kappa shape index (κ1) is 19.8. The molecule has 21 heavy (non-hydrogen) atoms. The Balaban J connectivity index is 4.16. The van der Waals surface area contributed by atoms with Gasteiger partial charge in [-0.3, -0.25) is 9.36 Å². The highest BCUT2D eigenvalue weighted by molar-refractivity contribution is 7.53. The molecular formula is C12H21O8P. The molecule has 0 radical (unpaired) electrons. The fraction of sp³-hybridized carbons (Fsp3) is 0.667. The van der Waals surface area contributed by atoms with Crippen molar-refractivity contribution >= 4 is 19.5 Å². The number of carbonyl (C=O) groups excluding carboxylic acids is 2. The number of rotatable bonds is 10. The predicted octanol–water partition coefficient (Wildman–Crippen LogP) is 0.742. The van der Waals surface area contributed by atoms with Crippen LogP contribution in [0, 0.1) is 5.92 Å². The lowest BCUT2D eigenvalue weighted by atomic mass is 10.2. The van der Waals surface area contributed by atoms with Crippen LogP contribution in [0.1, 0.15) is 6.92 Å². The molecule has 0 aromatic heterocycles. The summed E-state index contributed by atoms with van der Waals surface area (Å²) >= 11 is 0. The molecule has 0 aromatic rings. The molecule has 0 aliphatic rings. The molecule has 1 N–H and O–H groups in total. The zero-order valence-corrected chi connectivity index (χ0v) is 13.2. The third-order valence-electron chi connectivity index (χ3n) is 2.46. The van der Waals surface area contributed by atoms with Crippen LogP contribution in [0.3, 0.4) is 0 Å². The minimum absolute atomic E-state index is 0.139. The minimum Gasteiger partial charge on any atom is -0.463 e. The van der Waals surface area contributed by atoms with Crippen molar-refractivity contribution < 1.29 is 37.8 Å². The molecule has 0 saturated carbocycles. The molecule has 2 atom stereocenters. The second kappa shape index (κ2) is 9.68. The number of esters is 2. The number of hydrogen-bond acceptors (Lipinski definition) is 8. The summed E-state index contributed by atoms with van der Waals surface area (Å²) in [5.41, 5.74) is 0. The molecule has 0 aromatic carbocycles. The van der Waals surface area contributed by atoms with Crippen molar-refractivity contribution in [1.29, 1.82) is 0 Å². The van der Waals surface area contributed by atoms with Crippen molar-refractivity contribution in [3.05, 3.63) is 12.7 Å². The lowest BCUT2D eigenvalue weighted by molar-refractivity contribution is -0.153. The fourth-order valence-corrected chi connectivity index (χ4v) is 2.51. The van der Waals surface area contributed by atoms with E-state index in [1.54, 1.807) is 0 Å². The second-order valence-electron chi connectivity index (χ2n) is 4.18. The molecular weight excluding hydrogens is 303 g/mol. The third kappa shape index (κ3) is 7.96. The summed E-state index contributed by atoms with van der Waals surface area (Å²) in [7, 11) is -0.868. The van der Waals surface area contributed by atoms with Crippen LogP contribution in [0.15, 0.2) is 12.7 Å². The Kier molecular flexibility index (Phi) is 9.12. The van der Waals surface area contributed by atoms with Gasteiger partial charge >= 0.3 is 19.5 Å². The number of ether oxygens (including phenoxy) is 2. The van der Waals surface area contributed by atoms with Crippen molar-refractivity contribution in [3.8, 4) is 0 Å².